The highest BCUT2D eigenvalue weighted by atomic mass is 35.5. The van der Waals surface area contributed by atoms with E-state index in [4.69, 9.17) is 4.74 Å². The number of hydrogen-bond donors (Lipinski definition) is 2. The van der Waals surface area contributed by atoms with Gasteiger partial charge in [0.05, 0.1) is 0 Å². The van der Waals surface area contributed by atoms with Gasteiger partial charge in [-0.2, -0.15) is 0 Å². The summed E-state index contributed by atoms with van der Waals surface area (Å²) in [5.74, 6) is 1.51. The number of nitrogens with one attached hydrogen (secondary N) is 2. The smallest absolute Gasteiger partial charge is 0.220 e. The molecule has 2 aromatic rings. The summed E-state index contributed by atoms with van der Waals surface area (Å²) in [7, 11) is 0. The number of piperidine rings is 1. The zero-order chi connectivity index (χ0) is 17.3. The first kappa shape index (κ1) is 20.3. The first-order valence-electron chi connectivity index (χ1n) is 9.03. The lowest BCUT2D eigenvalue weighted by molar-refractivity contribution is -0.122. The zero-order valence-corrected chi connectivity index (χ0v) is 15.8. The number of amides is 1. The largest absolute Gasteiger partial charge is 0.489 e. The first-order valence-corrected chi connectivity index (χ1v) is 9.03. The Labute approximate surface area is 161 Å². The molecule has 2 N–H and O–H groups in total. The lowest BCUT2D eigenvalue weighted by atomic mass is 9.94. The molecule has 1 fully saturated rings. The van der Waals surface area contributed by atoms with Crippen LogP contribution < -0.4 is 15.4 Å². The van der Waals surface area contributed by atoms with Gasteiger partial charge in [0, 0.05) is 13.0 Å². The molecule has 140 valence electrons. The summed E-state index contributed by atoms with van der Waals surface area (Å²) in [6, 6.07) is 18.0. The summed E-state index contributed by atoms with van der Waals surface area (Å²) in [5, 5.41) is 6.35. The number of rotatable bonds is 7. The minimum atomic E-state index is 0. The molecule has 0 bridgehead atoms. The van der Waals surface area contributed by atoms with E-state index in [0.717, 1.165) is 42.8 Å². The quantitative estimate of drug-likeness (QED) is 0.777. The number of ether oxygens (including phenoxy) is 1. The van der Waals surface area contributed by atoms with Gasteiger partial charge in [0.2, 0.25) is 5.91 Å². The molecule has 5 heteroatoms. The molecule has 0 radical (unpaired) electrons. The van der Waals surface area contributed by atoms with Gasteiger partial charge in [-0.05, 0) is 55.1 Å². The molecule has 0 atom stereocenters. The van der Waals surface area contributed by atoms with E-state index in [1.54, 1.807) is 0 Å². The van der Waals surface area contributed by atoms with Gasteiger partial charge < -0.3 is 15.4 Å². The maximum absolute atomic E-state index is 12.1. The molecule has 0 spiro atoms. The summed E-state index contributed by atoms with van der Waals surface area (Å²) in [5.41, 5.74) is 2.24. The Kier molecular flexibility index (Phi) is 8.45. The zero-order valence-electron chi connectivity index (χ0n) is 14.9. The van der Waals surface area contributed by atoms with Crippen LogP contribution in [-0.4, -0.2) is 19.0 Å². The van der Waals surface area contributed by atoms with Crippen molar-refractivity contribution in [3.05, 3.63) is 65.7 Å². The summed E-state index contributed by atoms with van der Waals surface area (Å²) in [6.07, 6.45) is 2.84. The average molecular weight is 375 g/mol. The lowest BCUT2D eigenvalue weighted by Gasteiger charge is -2.21. The minimum absolute atomic E-state index is 0. The number of carbonyl (C=O) groups excluding carboxylic acids is 1. The maximum atomic E-state index is 12.1. The molecule has 1 aliphatic rings. The lowest BCUT2D eigenvalue weighted by Crippen LogP contribution is -2.32. The van der Waals surface area contributed by atoms with Crippen molar-refractivity contribution in [1.82, 2.24) is 10.6 Å². The van der Waals surface area contributed by atoms with Crippen molar-refractivity contribution in [3.8, 4) is 5.75 Å². The number of carbonyl (C=O) groups is 1. The molecule has 0 saturated carbocycles. The summed E-state index contributed by atoms with van der Waals surface area (Å²) in [4.78, 5) is 12.1. The van der Waals surface area contributed by atoms with E-state index >= 15 is 0 Å². The fraction of sp³-hybridized carbons (Fsp3) is 0.381. The molecule has 2 aromatic carbocycles. The van der Waals surface area contributed by atoms with E-state index in [1.165, 1.54) is 0 Å². The Morgan fingerprint density at radius 2 is 1.69 bits per heavy atom. The van der Waals surface area contributed by atoms with E-state index < -0.39 is 0 Å². The normalized spacial score (nSPS) is 14.3. The van der Waals surface area contributed by atoms with Crippen LogP contribution in [0.2, 0.25) is 0 Å². The Bertz CT molecular complexity index is 655. The van der Waals surface area contributed by atoms with E-state index in [2.05, 4.69) is 10.6 Å². The van der Waals surface area contributed by atoms with Crippen LogP contribution in [-0.2, 0) is 17.9 Å². The minimum Gasteiger partial charge on any atom is -0.489 e. The van der Waals surface area contributed by atoms with Gasteiger partial charge in [-0.25, -0.2) is 0 Å². The van der Waals surface area contributed by atoms with Crippen molar-refractivity contribution in [1.29, 1.82) is 0 Å². The maximum Gasteiger partial charge on any atom is 0.220 e. The molecule has 1 heterocycles. The summed E-state index contributed by atoms with van der Waals surface area (Å²) >= 11 is 0. The number of halogens is 1. The van der Waals surface area contributed by atoms with Gasteiger partial charge in [-0.3, -0.25) is 4.79 Å². The highest BCUT2D eigenvalue weighted by Crippen LogP contribution is 2.16. The molecule has 1 aliphatic heterocycles. The molecular weight excluding hydrogens is 348 g/mol. The molecule has 1 amide bonds. The van der Waals surface area contributed by atoms with E-state index in [9.17, 15) is 4.79 Å². The van der Waals surface area contributed by atoms with Crippen LogP contribution in [0.25, 0.3) is 0 Å². The highest BCUT2D eigenvalue weighted by Gasteiger charge is 2.16. The topological polar surface area (TPSA) is 50.4 Å². The van der Waals surface area contributed by atoms with Crippen molar-refractivity contribution in [2.45, 2.75) is 32.4 Å². The molecule has 4 nitrogen and oxygen atoms in total. The van der Waals surface area contributed by atoms with Crippen LogP contribution >= 0.6 is 12.4 Å². The van der Waals surface area contributed by atoms with Crippen molar-refractivity contribution in [2.75, 3.05) is 13.1 Å². The molecule has 3 rings (SSSR count). The monoisotopic (exact) mass is 374 g/mol. The highest BCUT2D eigenvalue weighted by molar-refractivity contribution is 5.85. The standard InChI is InChI=1S/C21H26N2O2.ClH/c24-21(14-17-10-12-22-13-11-17)23-15-18-6-8-20(9-7-18)25-16-19-4-2-1-3-5-19;/h1-9,17,22H,10-16H2,(H,23,24);1H. The van der Waals surface area contributed by atoms with E-state index in [-0.39, 0.29) is 18.3 Å². The Hall–Kier alpha value is -2.04. The van der Waals surface area contributed by atoms with Gasteiger partial charge in [-0.1, -0.05) is 42.5 Å². The summed E-state index contributed by atoms with van der Waals surface area (Å²) in [6.45, 7) is 3.20. The second-order valence-electron chi connectivity index (χ2n) is 6.59. The number of benzene rings is 2. The van der Waals surface area contributed by atoms with Crippen molar-refractivity contribution >= 4 is 18.3 Å². The second-order valence-corrected chi connectivity index (χ2v) is 6.59. The van der Waals surface area contributed by atoms with Crippen LogP contribution in [0.5, 0.6) is 5.75 Å². The van der Waals surface area contributed by atoms with Crippen molar-refractivity contribution in [2.24, 2.45) is 5.92 Å². The fourth-order valence-electron chi connectivity index (χ4n) is 3.07. The van der Waals surface area contributed by atoms with E-state index in [0.29, 0.717) is 25.5 Å². The van der Waals surface area contributed by atoms with Crippen molar-refractivity contribution in [3.63, 3.8) is 0 Å². The van der Waals surface area contributed by atoms with Gasteiger partial charge in [0.15, 0.2) is 0 Å². The van der Waals surface area contributed by atoms with Gasteiger partial charge in [0.25, 0.3) is 0 Å². The first-order chi connectivity index (χ1) is 12.3. The van der Waals surface area contributed by atoms with Crippen molar-refractivity contribution < 1.29 is 9.53 Å². The van der Waals surface area contributed by atoms with Gasteiger partial charge in [0.1, 0.15) is 12.4 Å². The second kappa shape index (κ2) is 10.8. The third kappa shape index (κ3) is 6.70. The predicted molar refractivity (Wildman–Crippen MR) is 107 cm³/mol. The fourth-order valence-corrected chi connectivity index (χ4v) is 3.07. The Morgan fingerprint density at radius 1 is 1.00 bits per heavy atom. The molecule has 0 unspecified atom stereocenters. The predicted octanol–water partition coefficient (Wildman–Crippen LogP) is 3.69. The third-order valence-electron chi connectivity index (χ3n) is 4.59. The van der Waals surface area contributed by atoms with Gasteiger partial charge in [-0.15, -0.1) is 12.4 Å². The molecule has 1 saturated heterocycles. The van der Waals surface area contributed by atoms with Gasteiger partial charge >= 0.3 is 0 Å². The third-order valence-corrected chi connectivity index (χ3v) is 4.59. The number of hydrogen-bond acceptors (Lipinski definition) is 3. The molecule has 0 aromatic heterocycles. The van der Waals surface area contributed by atoms with Crippen LogP contribution in [0.4, 0.5) is 0 Å². The molecule has 26 heavy (non-hydrogen) atoms. The molecule has 0 aliphatic carbocycles. The SMILES string of the molecule is Cl.O=C(CC1CCNCC1)NCc1ccc(OCc2ccccc2)cc1. The van der Waals surface area contributed by atoms with Crippen LogP contribution in [0.3, 0.4) is 0 Å². The van der Waals surface area contributed by atoms with Crippen LogP contribution in [0.15, 0.2) is 54.6 Å². The average Bonchev–Trinajstić information content (AvgIpc) is 2.67. The Balaban J connectivity index is 0.00000243. The van der Waals surface area contributed by atoms with Crippen LogP contribution in [0, 0.1) is 5.92 Å². The summed E-state index contributed by atoms with van der Waals surface area (Å²) < 4.78 is 5.78. The van der Waals surface area contributed by atoms with E-state index in [1.807, 2.05) is 54.6 Å². The molecular formula is C21H27ClN2O2. The van der Waals surface area contributed by atoms with Crippen LogP contribution in [0.1, 0.15) is 30.4 Å². The Morgan fingerprint density at radius 3 is 2.38 bits per heavy atom.